The third kappa shape index (κ3) is 2.35. The van der Waals surface area contributed by atoms with Crippen molar-refractivity contribution in [3.8, 4) is 0 Å². The zero-order valence-corrected chi connectivity index (χ0v) is 12.4. The van der Waals surface area contributed by atoms with Crippen molar-refractivity contribution in [2.24, 2.45) is 11.3 Å². The van der Waals surface area contributed by atoms with Gasteiger partial charge in [-0.15, -0.1) is 0 Å². The van der Waals surface area contributed by atoms with E-state index in [4.69, 9.17) is 4.74 Å². The van der Waals surface area contributed by atoms with Crippen molar-refractivity contribution in [2.75, 3.05) is 0 Å². The Hall–Kier alpha value is -1.71. The number of carbonyl (C=O) groups is 3. The molecule has 0 bridgehead atoms. The van der Waals surface area contributed by atoms with Gasteiger partial charge >= 0.3 is 5.97 Å². The molecular weight excluding hydrogens is 256 g/mol. The summed E-state index contributed by atoms with van der Waals surface area (Å²) >= 11 is 0. The number of fused-ring (bicyclic) bond motifs is 1. The highest BCUT2D eigenvalue weighted by Crippen LogP contribution is 2.49. The van der Waals surface area contributed by atoms with Crippen LogP contribution in [0.4, 0.5) is 0 Å². The molecule has 20 heavy (non-hydrogen) atoms. The predicted octanol–water partition coefficient (Wildman–Crippen LogP) is 2.38. The highest BCUT2D eigenvalue weighted by molar-refractivity contribution is 6.24. The number of hydrogen-bond acceptors (Lipinski definition) is 4. The molecule has 0 amide bonds. The van der Waals surface area contributed by atoms with Crippen LogP contribution >= 0.6 is 0 Å². The van der Waals surface area contributed by atoms with Crippen LogP contribution in [0.3, 0.4) is 0 Å². The van der Waals surface area contributed by atoms with Crippen molar-refractivity contribution in [1.29, 1.82) is 0 Å². The van der Waals surface area contributed by atoms with E-state index in [1.165, 1.54) is 19.9 Å². The lowest BCUT2D eigenvalue weighted by Gasteiger charge is -2.45. The Balaban J connectivity index is 2.46. The average Bonchev–Trinajstić information content (AvgIpc) is 2.34. The highest BCUT2D eigenvalue weighted by atomic mass is 16.5. The fraction of sp³-hybridized carbons (Fsp3) is 0.562. The molecule has 4 heteroatoms. The van der Waals surface area contributed by atoms with E-state index in [9.17, 15) is 14.4 Å². The minimum Gasteiger partial charge on any atom is -0.458 e. The maximum absolute atomic E-state index is 12.1. The second-order valence-corrected chi connectivity index (χ2v) is 5.94. The summed E-state index contributed by atoms with van der Waals surface area (Å²) in [7, 11) is 0. The van der Waals surface area contributed by atoms with Gasteiger partial charge in [-0.05, 0) is 37.3 Å². The van der Waals surface area contributed by atoms with Crippen molar-refractivity contribution in [3.05, 3.63) is 23.3 Å². The lowest BCUT2D eigenvalue weighted by Crippen LogP contribution is -2.42. The van der Waals surface area contributed by atoms with Gasteiger partial charge in [-0.1, -0.05) is 19.9 Å². The van der Waals surface area contributed by atoms with Crippen molar-refractivity contribution < 1.29 is 19.1 Å². The molecule has 2 rings (SSSR count). The van der Waals surface area contributed by atoms with Gasteiger partial charge in [-0.2, -0.15) is 0 Å². The van der Waals surface area contributed by atoms with E-state index >= 15 is 0 Å². The van der Waals surface area contributed by atoms with E-state index in [-0.39, 0.29) is 29.2 Å². The standard InChI is InChI=1S/C16H20O4/c1-9-5-6-15(20-11(3)18)13-7-14(19)12(10(2)17)8-16(9,13)4/h7-9,15H,5-6H2,1-4H3/t9-,15-,16+/m0/s1. The minimum atomic E-state index is -0.396. The Morgan fingerprint density at radius 3 is 2.50 bits per heavy atom. The van der Waals surface area contributed by atoms with E-state index in [0.29, 0.717) is 5.92 Å². The summed E-state index contributed by atoms with van der Waals surface area (Å²) in [6.07, 6.45) is 4.52. The maximum Gasteiger partial charge on any atom is 0.303 e. The van der Waals surface area contributed by atoms with E-state index in [2.05, 4.69) is 6.92 Å². The molecule has 4 nitrogen and oxygen atoms in total. The molecule has 2 aliphatic carbocycles. The molecule has 0 aromatic carbocycles. The molecule has 0 unspecified atom stereocenters. The predicted molar refractivity (Wildman–Crippen MR) is 73.9 cm³/mol. The number of ketones is 2. The van der Waals surface area contributed by atoms with Gasteiger partial charge < -0.3 is 4.74 Å². The van der Waals surface area contributed by atoms with Crippen LogP contribution in [0.5, 0.6) is 0 Å². The normalized spacial score (nSPS) is 32.9. The summed E-state index contributed by atoms with van der Waals surface area (Å²) in [4.78, 5) is 34.9. The Morgan fingerprint density at radius 2 is 1.95 bits per heavy atom. The van der Waals surface area contributed by atoms with E-state index in [0.717, 1.165) is 18.4 Å². The molecule has 1 saturated carbocycles. The lowest BCUT2D eigenvalue weighted by molar-refractivity contribution is -0.146. The van der Waals surface area contributed by atoms with Gasteiger partial charge in [0, 0.05) is 12.3 Å². The summed E-state index contributed by atoms with van der Waals surface area (Å²) in [5.41, 5.74) is 0.667. The first-order chi connectivity index (χ1) is 9.25. The van der Waals surface area contributed by atoms with E-state index in [1.54, 1.807) is 6.08 Å². The smallest absolute Gasteiger partial charge is 0.303 e. The number of allylic oxidation sites excluding steroid dienone is 3. The molecular formula is C16H20O4. The maximum atomic E-state index is 12.1. The van der Waals surface area contributed by atoms with Crippen LogP contribution < -0.4 is 0 Å². The summed E-state index contributed by atoms with van der Waals surface area (Å²) in [6, 6.07) is 0. The second kappa shape index (κ2) is 5.00. The first-order valence-corrected chi connectivity index (χ1v) is 6.93. The lowest BCUT2D eigenvalue weighted by atomic mass is 9.61. The molecule has 0 N–H and O–H groups in total. The average molecular weight is 276 g/mol. The SMILES string of the molecule is CC(=O)O[C@H]1CC[C@H](C)[C@@]2(C)C=C(C(C)=O)C(=O)C=C12. The Morgan fingerprint density at radius 1 is 1.30 bits per heavy atom. The molecule has 0 heterocycles. The van der Waals surface area contributed by atoms with Gasteiger partial charge in [0.25, 0.3) is 0 Å². The summed E-state index contributed by atoms with van der Waals surface area (Å²) < 4.78 is 5.34. The van der Waals surface area contributed by atoms with Crippen LogP contribution in [0.2, 0.25) is 0 Å². The first-order valence-electron chi connectivity index (χ1n) is 6.93. The zero-order valence-electron chi connectivity index (χ0n) is 12.4. The van der Waals surface area contributed by atoms with Gasteiger partial charge in [0.1, 0.15) is 6.10 Å². The number of carbonyl (C=O) groups excluding carboxylic acids is 3. The summed E-state index contributed by atoms with van der Waals surface area (Å²) in [5, 5.41) is 0. The molecule has 108 valence electrons. The molecule has 0 saturated heterocycles. The number of Topliss-reactive ketones (excluding diaryl/α,β-unsaturated/α-hetero) is 1. The monoisotopic (exact) mass is 276 g/mol. The number of rotatable bonds is 2. The summed E-state index contributed by atoms with van der Waals surface area (Å²) in [5.74, 6) is -0.547. The van der Waals surface area contributed by atoms with Crippen LogP contribution in [-0.4, -0.2) is 23.6 Å². The molecule has 0 aromatic rings. The molecule has 0 radical (unpaired) electrons. The minimum absolute atomic E-state index is 0.215. The Bertz CT molecular complexity index is 541. The molecule has 2 aliphatic rings. The third-order valence-electron chi connectivity index (χ3n) is 4.54. The van der Waals surface area contributed by atoms with Gasteiger partial charge in [-0.25, -0.2) is 0 Å². The molecule has 0 aliphatic heterocycles. The van der Waals surface area contributed by atoms with Crippen molar-refractivity contribution >= 4 is 17.5 Å². The largest absolute Gasteiger partial charge is 0.458 e. The van der Waals surface area contributed by atoms with Gasteiger partial charge in [0.2, 0.25) is 0 Å². The van der Waals surface area contributed by atoms with Crippen LogP contribution in [0.15, 0.2) is 23.3 Å². The van der Waals surface area contributed by atoms with Gasteiger partial charge in [0.05, 0.1) is 5.57 Å². The van der Waals surface area contributed by atoms with Crippen LogP contribution in [-0.2, 0) is 19.1 Å². The molecule has 0 spiro atoms. The number of hydrogen-bond donors (Lipinski definition) is 0. The number of ether oxygens (including phenoxy) is 1. The molecule has 0 aromatic heterocycles. The second-order valence-electron chi connectivity index (χ2n) is 5.94. The summed E-state index contributed by atoms with van der Waals surface area (Å²) in [6.45, 7) is 6.89. The van der Waals surface area contributed by atoms with Crippen molar-refractivity contribution in [1.82, 2.24) is 0 Å². The topological polar surface area (TPSA) is 60.4 Å². The quantitative estimate of drug-likeness (QED) is 0.574. The van der Waals surface area contributed by atoms with Crippen LogP contribution in [0.25, 0.3) is 0 Å². The van der Waals surface area contributed by atoms with Crippen molar-refractivity contribution in [3.63, 3.8) is 0 Å². The zero-order chi connectivity index (χ0) is 15.1. The fourth-order valence-electron chi connectivity index (χ4n) is 3.15. The highest BCUT2D eigenvalue weighted by Gasteiger charge is 2.45. The Labute approximate surface area is 118 Å². The van der Waals surface area contributed by atoms with E-state index in [1.807, 2.05) is 6.92 Å². The van der Waals surface area contributed by atoms with Crippen molar-refractivity contribution in [2.45, 2.75) is 46.6 Å². The van der Waals surface area contributed by atoms with Gasteiger partial charge in [-0.3, -0.25) is 14.4 Å². The van der Waals surface area contributed by atoms with E-state index < -0.39 is 5.41 Å². The number of esters is 1. The fourth-order valence-corrected chi connectivity index (χ4v) is 3.15. The molecule has 1 fully saturated rings. The molecule has 3 atom stereocenters. The van der Waals surface area contributed by atoms with Crippen LogP contribution in [0, 0.1) is 11.3 Å². The first kappa shape index (κ1) is 14.7. The van der Waals surface area contributed by atoms with Crippen LogP contribution in [0.1, 0.15) is 40.5 Å². The van der Waals surface area contributed by atoms with Gasteiger partial charge in [0.15, 0.2) is 11.6 Å². The Kier molecular flexibility index (Phi) is 3.67. The third-order valence-corrected chi connectivity index (χ3v) is 4.54.